The van der Waals surface area contributed by atoms with Gasteiger partial charge in [-0.1, -0.05) is 65.7 Å². The Labute approximate surface area is 232 Å². The lowest BCUT2D eigenvalue weighted by atomic mass is 9.84. The van der Waals surface area contributed by atoms with Crippen molar-refractivity contribution in [2.24, 2.45) is 0 Å². The summed E-state index contributed by atoms with van der Waals surface area (Å²) in [5.74, 6) is -0.998. The number of benzene rings is 3. The molecule has 0 amide bonds. The average molecular weight is 559 g/mol. The van der Waals surface area contributed by atoms with Gasteiger partial charge < -0.3 is 14.4 Å². The molecule has 1 spiro atoms. The van der Waals surface area contributed by atoms with Gasteiger partial charge >= 0.3 is 0 Å². The number of rotatable bonds is 6. The van der Waals surface area contributed by atoms with Crippen LogP contribution in [0.4, 0.5) is 4.39 Å². The molecule has 3 aliphatic rings. The minimum atomic E-state index is -0.754. The van der Waals surface area contributed by atoms with Crippen molar-refractivity contribution >= 4 is 35.0 Å². The van der Waals surface area contributed by atoms with Crippen molar-refractivity contribution in [1.82, 2.24) is 4.90 Å². The number of thioether (sulfide) groups is 1. The number of fused-ring (bicyclic) bond motifs is 2. The largest absolute Gasteiger partial charge is 0.343 e. The maximum Gasteiger partial charge on any atom is 0.195 e. The molecular weight excluding hydrogens is 528 g/mol. The van der Waals surface area contributed by atoms with Crippen LogP contribution in [0.2, 0.25) is 10.0 Å². The highest BCUT2D eigenvalue weighted by molar-refractivity contribution is 8.01. The van der Waals surface area contributed by atoms with Crippen LogP contribution in [0.1, 0.15) is 53.2 Å². The summed E-state index contributed by atoms with van der Waals surface area (Å²) >= 11 is 14.9. The summed E-state index contributed by atoms with van der Waals surface area (Å²) in [5.41, 5.74) is 4.88. The number of hydrogen-bond acceptors (Lipinski definition) is 4. The van der Waals surface area contributed by atoms with Crippen molar-refractivity contribution in [2.45, 2.75) is 41.5 Å². The Morgan fingerprint density at radius 3 is 2.38 bits per heavy atom. The molecule has 0 N–H and O–H groups in total. The molecule has 0 saturated carbocycles. The van der Waals surface area contributed by atoms with E-state index < -0.39 is 5.79 Å². The summed E-state index contributed by atoms with van der Waals surface area (Å²) < 4.78 is 25.7. The predicted octanol–water partition coefficient (Wildman–Crippen LogP) is 7.94. The number of hydrogen-bond donors (Lipinski definition) is 0. The van der Waals surface area contributed by atoms with Gasteiger partial charge in [-0.25, -0.2) is 4.39 Å². The summed E-state index contributed by atoms with van der Waals surface area (Å²) in [5, 5.41) is 1.63. The Kier molecular flexibility index (Phi) is 7.30. The number of halogens is 3. The van der Waals surface area contributed by atoms with Crippen molar-refractivity contribution in [3.05, 3.63) is 105 Å². The smallest absolute Gasteiger partial charge is 0.195 e. The Balaban J connectivity index is 1.12. The van der Waals surface area contributed by atoms with Crippen LogP contribution in [-0.2, 0) is 20.0 Å². The van der Waals surface area contributed by atoms with Gasteiger partial charge in [-0.2, -0.15) is 0 Å². The third kappa shape index (κ3) is 4.95. The summed E-state index contributed by atoms with van der Waals surface area (Å²) in [4.78, 5) is 2.56. The van der Waals surface area contributed by atoms with Gasteiger partial charge in [0.25, 0.3) is 0 Å². The summed E-state index contributed by atoms with van der Waals surface area (Å²) in [6, 6.07) is 21.3. The van der Waals surface area contributed by atoms with E-state index in [9.17, 15) is 4.39 Å². The normalized spacial score (nSPS) is 22.4. The van der Waals surface area contributed by atoms with Crippen LogP contribution in [0.25, 0.3) is 0 Å². The van der Waals surface area contributed by atoms with Crippen molar-refractivity contribution < 1.29 is 13.9 Å². The standard InChI is InChI=1S/C30H30Cl2FNO2S/c31-22-8-11-25(27(32)20-22)28-24-4-1-2-5-26(24)29(37-28)13-16-34(17-14-29)15-3-12-30(35-18-19-36-30)21-6-9-23(33)10-7-21/h1-2,4-11,20,28H,3,12-19H2. The first-order valence-electron chi connectivity index (χ1n) is 13.0. The van der Waals surface area contributed by atoms with E-state index in [4.69, 9.17) is 32.7 Å². The van der Waals surface area contributed by atoms with Crippen LogP contribution in [0.5, 0.6) is 0 Å². The van der Waals surface area contributed by atoms with Crippen LogP contribution in [0.3, 0.4) is 0 Å². The maximum atomic E-state index is 13.5. The van der Waals surface area contributed by atoms with Gasteiger partial charge in [-0.05, 0) is 79.9 Å². The third-order valence-corrected chi connectivity index (χ3v) is 10.4. The molecule has 0 aliphatic carbocycles. The fourth-order valence-electron chi connectivity index (χ4n) is 6.11. The zero-order valence-electron chi connectivity index (χ0n) is 20.6. The number of ether oxygens (including phenoxy) is 2. The summed E-state index contributed by atoms with van der Waals surface area (Å²) in [7, 11) is 0. The van der Waals surface area contributed by atoms with Crippen LogP contribution in [0.15, 0.2) is 66.7 Å². The number of nitrogens with zero attached hydrogens (tertiary/aromatic N) is 1. The van der Waals surface area contributed by atoms with Gasteiger partial charge in [0.1, 0.15) is 5.82 Å². The molecule has 0 bridgehead atoms. The maximum absolute atomic E-state index is 13.5. The third-order valence-electron chi connectivity index (χ3n) is 8.00. The van der Waals surface area contributed by atoms with E-state index in [-0.39, 0.29) is 15.8 Å². The van der Waals surface area contributed by atoms with E-state index in [1.807, 2.05) is 12.1 Å². The second-order valence-corrected chi connectivity index (χ2v) is 12.5. The Morgan fingerprint density at radius 2 is 1.65 bits per heavy atom. The molecule has 6 rings (SSSR count). The molecule has 194 valence electrons. The monoisotopic (exact) mass is 557 g/mol. The van der Waals surface area contributed by atoms with E-state index in [0.717, 1.165) is 61.5 Å². The molecule has 3 nitrogen and oxygen atoms in total. The highest BCUT2D eigenvalue weighted by Gasteiger charge is 2.47. The highest BCUT2D eigenvalue weighted by Crippen LogP contribution is 2.62. The van der Waals surface area contributed by atoms with Crippen molar-refractivity contribution in [2.75, 3.05) is 32.8 Å². The van der Waals surface area contributed by atoms with Crippen molar-refractivity contribution in [3.8, 4) is 0 Å². The lowest BCUT2D eigenvalue weighted by Crippen LogP contribution is -2.41. The molecule has 3 aliphatic heterocycles. The van der Waals surface area contributed by atoms with Crippen molar-refractivity contribution in [1.29, 1.82) is 0 Å². The van der Waals surface area contributed by atoms with Gasteiger partial charge in [-0.15, -0.1) is 11.8 Å². The fourth-order valence-corrected chi connectivity index (χ4v) is 8.54. The van der Waals surface area contributed by atoms with E-state index >= 15 is 0 Å². The zero-order chi connectivity index (χ0) is 25.5. The van der Waals surface area contributed by atoms with E-state index in [1.165, 1.54) is 23.3 Å². The van der Waals surface area contributed by atoms with Gasteiger partial charge in [0.05, 0.1) is 18.5 Å². The molecule has 7 heteroatoms. The molecule has 2 saturated heterocycles. The lowest BCUT2D eigenvalue weighted by Gasteiger charge is -2.40. The van der Waals surface area contributed by atoms with Gasteiger partial charge in [0.15, 0.2) is 5.79 Å². The fraction of sp³-hybridized carbons (Fsp3) is 0.400. The first-order chi connectivity index (χ1) is 18.0. The molecule has 1 unspecified atom stereocenters. The molecule has 0 aromatic heterocycles. The molecule has 0 radical (unpaired) electrons. The first kappa shape index (κ1) is 25.7. The van der Waals surface area contributed by atoms with Gasteiger partial charge in [-0.3, -0.25) is 0 Å². The second-order valence-electron chi connectivity index (χ2n) is 10.1. The topological polar surface area (TPSA) is 21.7 Å². The quantitative estimate of drug-likeness (QED) is 0.306. The van der Waals surface area contributed by atoms with Crippen LogP contribution in [0, 0.1) is 5.82 Å². The zero-order valence-corrected chi connectivity index (χ0v) is 22.9. The molecule has 2 fully saturated rings. The first-order valence-corrected chi connectivity index (χ1v) is 14.6. The van der Waals surface area contributed by atoms with Gasteiger partial charge in [0.2, 0.25) is 0 Å². The Bertz CT molecular complexity index is 1260. The highest BCUT2D eigenvalue weighted by atomic mass is 35.5. The Hall–Kier alpha value is -1.60. The minimum absolute atomic E-state index is 0.105. The van der Waals surface area contributed by atoms with Crippen LogP contribution in [-0.4, -0.2) is 37.7 Å². The Morgan fingerprint density at radius 1 is 0.919 bits per heavy atom. The number of piperidine rings is 1. The van der Waals surface area contributed by atoms with Crippen LogP contribution < -0.4 is 0 Å². The molecular formula is C30H30Cl2FNO2S. The van der Waals surface area contributed by atoms with E-state index in [2.05, 4.69) is 47.0 Å². The molecule has 3 heterocycles. The molecule has 3 aromatic rings. The summed E-state index contributed by atoms with van der Waals surface area (Å²) in [6.07, 6.45) is 3.92. The lowest BCUT2D eigenvalue weighted by molar-refractivity contribution is -0.172. The molecule has 3 aromatic carbocycles. The van der Waals surface area contributed by atoms with E-state index in [0.29, 0.717) is 18.2 Å². The molecule has 1 atom stereocenters. The second kappa shape index (κ2) is 10.5. The van der Waals surface area contributed by atoms with Gasteiger partial charge in [0, 0.05) is 26.8 Å². The van der Waals surface area contributed by atoms with E-state index in [1.54, 1.807) is 12.1 Å². The summed E-state index contributed by atoms with van der Waals surface area (Å²) in [6.45, 7) is 4.23. The number of likely N-dealkylation sites (tertiary alicyclic amines) is 1. The molecule has 37 heavy (non-hydrogen) atoms. The van der Waals surface area contributed by atoms with Crippen LogP contribution >= 0.6 is 35.0 Å². The minimum Gasteiger partial charge on any atom is -0.343 e. The average Bonchev–Trinajstić information content (AvgIpc) is 3.50. The predicted molar refractivity (Wildman–Crippen MR) is 149 cm³/mol. The van der Waals surface area contributed by atoms with Crippen molar-refractivity contribution in [3.63, 3.8) is 0 Å². The SMILES string of the molecule is Fc1ccc(C2(CCCN3CCC4(CC3)SC(c3ccc(Cl)cc3Cl)c3ccccc34)OCCO2)cc1.